The van der Waals surface area contributed by atoms with Gasteiger partial charge in [0.2, 0.25) is 5.91 Å². The number of ether oxygens (including phenoxy) is 1. The van der Waals surface area contributed by atoms with Crippen LogP contribution in [0.5, 0.6) is 0 Å². The zero-order valence-electron chi connectivity index (χ0n) is 13.6. The highest BCUT2D eigenvalue weighted by molar-refractivity contribution is 6.02. The summed E-state index contributed by atoms with van der Waals surface area (Å²) in [6.45, 7) is 5.80. The monoisotopic (exact) mass is 318 g/mol. The normalized spacial score (nSPS) is 8.65. The number of hydrogen-bond acceptors (Lipinski definition) is 5. The molecular weight excluding hydrogens is 296 g/mol. The molecule has 0 bridgehead atoms. The summed E-state index contributed by atoms with van der Waals surface area (Å²) >= 11 is 0. The maximum absolute atomic E-state index is 11.3. The van der Waals surface area contributed by atoms with Gasteiger partial charge in [0.1, 0.15) is 0 Å². The fourth-order valence-corrected chi connectivity index (χ4v) is 1.29. The number of nitriles is 1. The number of hydrogen-bond donors (Lipinski definition) is 2. The summed E-state index contributed by atoms with van der Waals surface area (Å²) in [5.74, 6) is -0.310. The maximum atomic E-state index is 11.3. The Balaban J connectivity index is 0. The van der Waals surface area contributed by atoms with Crippen LogP contribution in [0.4, 0.5) is 5.69 Å². The molecule has 0 radical (unpaired) electrons. The second-order valence-corrected chi connectivity index (χ2v) is 3.76. The smallest absolute Gasteiger partial charge is 0.248 e. The van der Waals surface area contributed by atoms with Gasteiger partial charge in [0.25, 0.3) is 0 Å². The molecule has 0 spiro atoms. The molecule has 0 atom stereocenters. The van der Waals surface area contributed by atoms with Gasteiger partial charge in [-0.1, -0.05) is 12.2 Å². The Morgan fingerprint density at radius 1 is 1.48 bits per heavy atom. The second-order valence-electron chi connectivity index (χ2n) is 3.76. The predicted octanol–water partition coefficient (Wildman–Crippen LogP) is 2.31. The first kappa shape index (κ1) is 22.5. The molecule has 0 aromatic heterocycles. The average Bonchev–Trinajstić information content (AvgIpc) is 2.58. The molecule has 23 heavy (non-hydrogen) atoms. The second kappa shape index (κ2) is 15.6. The molecule has 0 aliphatic rings. The lowest BCUT2D eigenvalue weighted by Crippen LogP contribution is -2.09. The van der Waals surface area contributed by atoms with Gasteiger partial charge in [-0.15, -0.1) is 6.58 Å². The van der Waals surface area contributed by atoms with Crippen LogP contribution in [0.3, 0.4) is 0 Å². The van der Waals surface area contributed by atoms with E-state index < -0.39 is 0 Å². The van der Waals surface area contributed by atoms with Gasteiger partial charge in [0.15, 0.2) is 6.29 Å². The van der Waals surface area contributed by atoms with Crippen LogP contribution in [0.25, 0.3) is 0 Å². The number of aldehydes is 1. The van der Waals surface area contributed by atoms with Crippen molar-refractivity contribution in [2.75, 3.05) is 26.1 Å². The predicted molar refractivity (Wildman–Crippen MR) is 90.2 cm³/mol. The third-order valence-electron chi connectivity index (χ3n) is 2.17. The number of benzene rings is 1. The molecule has 124 valence electrons. The maximum Gasteiger partial charge on any atom is 0.248 e. The number of rotatable bonds is 5. The lowest BCUT2D eigenvalue weighted by atomic mass is 10.1. The summed E-state index contributed by atoms with van der Waals surface area (Å²) < 4.78 is 4.57. The molecule has 2 N–H and O–H groups in total. The van der Waals surface area contributed by atoms with E-state index in [2.05, 4.69) is 16.6 Å². The lowest BCUT2D eigenvalue weighted by Gasteiger charge is -2.05. The topological polar surface area (TPSA) is 99.4 Å². The summed E-state index contributed by atoms with van der Waals surface area (Å²) in [6, 6.07) is 6.42. The highest BCUT2D eigenvalue weighted by Crippen LogP contribution is 2.15. The summed E-state index contributed by atoms with van der Waals surface area (Å²) in [7, 11) is 2.64. The quantitative estimate of drug-likeness (QED) is 0.493. The van der Waals surface area contributed by atoms with Gasteiger partial charge in [0.05, 0.1) is 23.9 Å². The molecule has 0 aliphatic carbocycles. The van der Waals surface area contributed by atoms with Crippen LogP contribution in [-0.2, 0) is 9.53 Å². The van der Waals surface area contributed by atoms with Crippen molar-refractivity contribution in [2.45, 2.75) is 6.92 Å². The summed E-state index contributed by atoms with van der Waals surface area (Å²) in [4.78, 5) is 22.0. The number of amides is 1. The summed E-state index contributed by atoms with van der Waals surface area (Å²) in [5.41, 5.74) is 1.07. The van der Waals surface area contributed by atoms with Crippen LogP contribution in [0, 0.1) is 11.3 Å². The first-order chi connectivity index (χ1) is 11.1. The van der Waals surface area contributed by atoms with Crippen molar-refractivity contribution in [3.05, 3.63) is 54.1 Å². The molecule has 6 nitrogen and oxygen atoms in total. The van der Waals surface area contributed by atoms with E-state index >= 15 is 0 Å². The van der Waals surface area contributed by atoms with Gasteiger partial charge >= 0.3 is 0 Å². The average molecular weight is 318 g/mol. The molecule has 0 unspecified atom stereocenters. The van der Waals surface area contributed by atoms with Crippen LogP contribution in [0.2, 0.25) is 0 Å². The molecule has 0 heterocycles. The van der Waals surface area contributed by atoms with Crippen molar-refractivity contribution in [3.8, 4) is 6.07 Å². The number of aliphatic hydroxyl groups excluding tert-OH is 1. The molecular formula is C17H22N2O4. The number of allylic oxidation sites excluding steroid dienone is 1. The molecule has 1 rings (SSSR count). The third-order valence-corrected chi connectivity index (χ3v) is 2.17. The number of aliphatic hydroxyl groups is 1. The van der Waals surface area contributed by atoms with E-state index in [1.807, 2.05) is 6.07 Å². The Labute approximate surface area is 136 Å². The first-order valence-electron chi connectivity index (χ1n) is 6.60. The van der Waals surface area contributed by atoms with E-state index in [0.717, 1.165) is 7.11 Å². The van der Waals surface area contributed by atoms with E-state index in [1.165, 1.54) is 24.3 Å². The SMILES string of the molecule is C/C=C/C(=O)Nc1ccc(C#N)cc1C=O.C=CCOC.CO. The van der Waals surface area contributed by atoms with E-state index in [-0.39, 0.29) is 11.5 Å². The fourth-order valence-electron chi connectivity index (χ4n) is 1.29. The molecule has 0 fully saturated rings. The zero-order chi connectivity index (χ0) is 18.1. The van der Waals surface area contributed by atoms with Gasteiger partial charge in [-0.2, -0.15) is 5.26 Å². The van der Waals surface area contributed by atoms with Crippen LogP contribution in [-0.4, -0.2) is 38.1 Å². The number of methoxy groups -OCH3 is 1. The van der Waals surface area contributed by atoms with Crippen molar-refractivity contribution >= 4 is 17.9 Å². The summed E-state index contributed by atoms with van der Waals surface area (Å²) in [5, 5.41) is 18.2. The Bertz CT molecular complexity index is 560. The molecule has 6 heteroatoms. The van der Waals surface area contributed by atoms with Gasteiger partial charge in [0, 0.05) is 19.8 Å². The van der Waals surface area contributed by atoms with Gasteiger partial charge in [-0.3, -0.25) is 9.59 Å². The van der Waals surface area contributed by atoms with Crippen molar-refractivity contribution in [1.29, 1.82) is 5.26 Å². The number of carbonyl (C=O) groups is 2. The van der Waals surface area contributed by atoms with Crippen LogP contribution in [0.15, 0.2) is 43.0 Å². The van der Waals surface area contributed by atoms with Crippen molar-refractivity contribution in [1.82, 2.24) is 0 Å². The summed E-state index contributed by atoms with van der Waals surface area (Å²) in [6.07, 6.45) is 5.26. The van der Waals surface area contributed by atoms with Crippen molar-refractivity contribution < 1.29 is 19.4 Å². The lowest BCUT2D eigenvalue weighted by molar-refractivity contribution is -0.111. The minimum absolute atomic E-state index is 0.289. The van der Waals surface area contributed by atoms with Gasteiger partial charge < -0.3 is 15.2 Å². The highest BCUT2D eigenvalue weighted by atomic mass is 16.5. The van der Waals surface area contributed by atoms with Gasteiger partial charge in [-0.25, -0.2) is 0 Å². The minimum atomic E-state index is -0.310. The fraction of sp³-hybridized carbons (Fsp3) is 0.235. The van der Waals surface area contributed by atoms with E-state index in [9.17, 15) is 9.59 Å². The van der Waals surface area contributed by atoms with E-state index in [0.29, 0.717) is 24.1 Å². The molecule has 1 aromatic carbocycles. The number of nitrogens with one attached hydrogen (secondary N) is 1. The van der Waals surface area contributed by atoms with E-state index in [1.54, 1.807) is 26.2 Å². The highest BCUT2D eigenvalue weighted by Gasteiger charge is 2.05. The van der Waals surface area contributed by atoms with Crippen molar-refractivity contribution in [2.24, 2.45) is 0 Å². The zero-order valence-corrected chi connectivity index (χ0v) is 13.6. The molecule has 1 amide bonds. The molecule has 0 saturated carbocycles. The first-order valence-corrected chi connectivity index (χ1v) is 6.60. The molecule has 0 saturated heterocycles. The van der Waals surface area contributed by atoms with Gasteiger partial charge in [-0.05, 0) is 31.2 Å². The number of nitrogens with zero attached hydrogens (tertiary/aromatic N) is 1. The van der Waals surface area contributed by atoms with Crippen LogP contribution < -0.4 is 5.32 Å². The van der Waals surface area contributed by atoms with Crippen molar-refractivity contribution in [3.63, 3.8) is 0 Å². The Morgan fingerprint density at radius 2 is 2.13 bits per heavy atom. The third kappa shape index (κ3) is 10.6. The number of carbonyl (C=O) groups excluding carboxylic acids is 2. The minimum Gasteiger partial charge on any atom is -0.400 e. The van der Waals surface area contributed by atoms with Crippen LogP contribution >= 0.6 is 0 Å². The standard InChI is InChI=1S/C12H10N2O2.C4H8O.CH4O/c1-2-3-12(16)14-11-5-4-9(7-13)6-10(11)8-15;1-3-4-5-2;1-2/h2-6,8H,1H3,(H,14,16);3H,1,4H2,2H3;2H,1H3/b3-2+;;. The Morgan fingerprint density at radius 3 is 2.52 bits per heavy atom. The Kier molecular flexibility index (Phi) is 15.3. The Hall–Kier alpha value is -2.75. The molecule has 0 aliphatic heterocycles. The van der Waals surface area contributed by atoms with Crippen LogP contribution in [0.1, 0.15) is 22.8 Å². The molecule has 1 aromatic rings. The van der Waals surface area contributed by atoms with E-state index in [4.69, 9.17) is 10.4 Å². The number of anilines is 1. The largest absolute Gasteiger partial charge is 0.400 e.